The van der Waals surface area contributed by atoms with Gasteiger partial charge in [0, 0.05) is 10.8 Å². The molecule has 0 spiro atoms. The van der Waals surface area contributed by atoms with Crippen molar-refractivity contribution in [3.05, 3.63) is 155 Å². The topological polar surface area (TPSA) is 0 Å². The third-order valence-electron chi connectivity index (χ3n) is 11.8. The molecule has 6 aromatic rings. The van der Waals surface area contributed by atoms with Crippen LogP contribution in [0.4, 0.5) is 0 Å². The highest BCUT2D eigenvalue weighted by atomic mass is 14.4. The largest absolute Gasteiger partial charge is 0.0619 e. The van der Waals surface area contributed by atoms with Gasteiger partial charge in [0.25, 0.3) is 0 Å². The van der Waals surface area contributed by atoms with E-state index in [0.29, 0.717) is 0 Å². The van der Waals surface area contributed by atoms with Gasteiger partial charge in [-0.25, -0.2) is 0 Å². The van der Waals surface area contributed by atoms with Crippen molar-refractivity contribution in [2.45, 2.75) is 90.9 Å². The van der Waals surface area contributed by atoms with Gasteiger partial charge in [-0.3, -0.25) is 0 Å². The summed E-state index contributed by atoms with van der Waals surface area (Å²) in [5.41, 5.74) is 21.8. The average molecular weight is 651 g/mol. The van der Waals surface area contributed by atoms with Crippen LogP contribution in [0.25, 0.3) is 55.6 Å². The Labute approximate surface area is 300 Å². The molecule has 0 atom stereocenters. The SMILES string of the molecule is CC(C)(C)c1ccc2c(c1)C(C)(C)c1cc(C(C)(C)C)cc(-c3ccc(-c4ccc(-c5cccc6c5-c5ccccc5C6(C)C)cc4)cc3)c1-2. The monoisotopic (exact) mass is 650 g/mol. The van der Waals surface area contributed by atoms with Gasteiger partial charge in [-0.05, 0) is 106 Å². The van der Waals surface area contributed by atoms with Crippen molar-refractivity contribution in [3.63, 3.8) is 0 Å². The first-order valence-electron chi connectivity index (χ1n) is 18.4. The Morgan fingerprint density at radius 1 is 0.340 bits per heavy atom. The van der Waals surface area contributed by atoms with Crippen LogP contribution in [0.3, 0.4) is 0 Å². The second kappa shape index (κ2) is 10.9. The molecular formula is C50H50. The highest BCUT2D eigenvalue weighted by molar-refractivity contribution is 5.95. The molecule has 0 amide bonds. The normalized spacial score (nSPS) is 15.3. The third-order valence-corrected chi connectivity index (χ3v) is 11.8. The fraction of sp³-hybridized carbons (Fsp3) is 0.280. The van der Waals surface area contributed by atoms with Crippen molar-refractivity contribution in [1.29, 1.82) is 0 Å². The highest BCUT2D eigenvalue weighted by Crippen LogP contribution is 2.55. The molecule has 0 fully saturated rings. The van der Waals surface area contributed by atoms with Crippen LogP contribution >= 0.6 is 0 Å². The van der Waals surface area contributed by atoms with Crippen LogP contribution in [0.2, 0.25) is 0 Å². The van der Waals surface area contributed by atoms with Gasteiger partial charge in [-0.15, -0.1) is 0 Å². The van der Waals surface area contributed by atoms with Gasteiger partial charge >= 0.3 is 0 Å². The van der Waals surface area contributed by atoms with Crippen molar-refractivity contribution in [2.75, 3.05) is 0 Å². The lowest BCUT2D eigenvalue weighted by molar-refractivity contribution is 0.580. The van der Waals surface area contributed by atoms with E-state index in [9.17, 15) is 0 Å². The van der Waals surface area contributed by atoms with Crippen LogP contribution < -0.4 is 0 Å². The van der Waals surface area contributed by atoms with E-state index in [1.54, 1.807) is 0 Å². The van der Waals surface area contributed by atoms with Crippen LogP contribution in [0.5, 0.6) is 0 Å². The molecule has 8 rings (SSSR count). The number of rotatable bonds is 3. The Balaban J connectivity index is 1.18. The molecule has 0 unspecified atom stereocenters. The van der Waals surface area contributed by atoms with Crippen molar-refractivity contribution in [2.24, 2.45) is 0 Å². The van der Waals surface area contributed by atoms with Gasteiger partial charge in [-0.1, -0.05) is 184 Å². The molecule has 0 heterocycles. The molecule has 0 aliphatic heterocycles. The van der Waals surface area contributed by atoms with Crippen LogP contribution in [0.15, 0.2) is 121 Å². The Morgan fingerprint density at radius 2 is 0.800 bits per heavy atom. The first kappa shape index (κ1) is 32.5. The summed E-state index contributed by atoms with van der Waals surface area (Å²) in [5, 5.41) is 0. The molecule has 0 aromatic heterocycles. The summed E-state index contributed by atoms with van der Waals surface area (Å²) < 4.78 is 0. The summed E-state index contributed by atoms with van der Waals surface area (Å²) in [6.45, 7) is 23.5. The van der Waals surface area contributed by atoms with E-state index in [2.05, 4.69) is 191 Å². The molecule has 0 nitrogen and oxygen atoms in total. The van der Waals surface area contributed by atoms with Crippen molar-refractivity contribution < 1.29 is 0 Å². The van der Waals surface area contributed by atoms with E-state index in [1.807, 2.05) is 0 Å². The Hall–Kier alpha value is -4.68. The van der Waals surface area contributed by atoms with Crippen LogP contribution in [0.1, 0.15) is 103 Å². The van der Waals surface area contributed by atoms with Crippen LogP contribution in [0, 0.1) is 0 Å². The van der Waals surface area contributed by atoms with Crippen LogP contribution in [-0.4, -0.2) is 0 Å². The van der Waals surface area contributed by atoms with Crippen molar-refractivity contribution in [3.8, 4) is 55.6 Å². The van der Waals surface area contributed by atoms with E-state index in [0.717, 1.165) is 0 Å². The fourth-order valence-electron chi connectivity index (χ4n) is 8.66. The zero-order valence-corrected chi connectivity index (χ0v) is 31.5. The van der Waals surface area contributed by atoms with Gasteiger partial charge in [-0.2, -0.15) is 0 Å². The number of benzene rings is 6. The summed E-state index contributed by atoms with van der Waals surface area (Å²) >= 11 is 0. The molecule has 0 N–H and O–H groups in total. The lowest BCUT2D eigenvalue weighted by atomic mass is 9.76. The molecule has 6 aromatic carbocycles. The maximum Gasteiger partial charge on any atom is 0.0159 e. The molecular weight excluding hydrogens is 601 g/mol. The van der Waals surface area contributed by atoms with Crippen LogP contribution in [-0.2, 0) is 21.7 Å². The second-order valence-electron chi connectivity index (χ2n) is 17.9. The van der Waals surface area contributed by atoms with Gasteiger partial charge < -0.3 is 0 Å². The Kier molecular flexibility index (Phi) is 7.09. The number of fused-ring (bicyclic) bond motifs is 6. The molecule has 50 heavy (non-hydrogen) atoms. The van der Waals surface area contributed by atoms with Crippen molar-refractivity contribution >= 4 is 0 Å². The minimum Gasteiger partial charge on any atom is -0.0619 e. The minimum absolute atomic E-state index is 0.00331. The maximum atomic E-state index is 2.49. The summed E-state index contributed by atoms with van der Waals surface area (Å²) in [4.78, 5) is 0. The maximum absolute atomic E-state index is 2.49. The predicted octanol–water partition coefficient (Wildman–Crippen LogP) is 13.9. The van der Waals surface area contributed by atoms with E-state index in [1.165, 1.54) is 89.0 Å². The van der Waals surface area contributed by atoms with Gasteiger partial charge in [0.2, 0.25) is 0 Å². The summed E-state index contributed by atoms with van der Waals surface area (Å²) in [6.07, 6.45) is 0. The molecule has 0 radical (unpaired) electrons. The number of hydrogen-bond acceptors (Lipinski definition) is 0. The smallest absolute Gasteiger partial charge is 0.0159 e. The summed E-state index contributed by atoms with van der Waals surface area (Å²) in [5.74, 6) is 0. The fourth-order valence-corrected chi connectivity index (χ4v) is 8.66. The lowest BCUT2D eigenvalue weighted by Crippen LogP contribution is -2.19. The minimum atomic E-state index is -0.0691. The lowest BCUT2D eigenvalue weighted by Gasteiger charge is -2.27. The summed E-state index contributed by atoms with van der Waals surface area (Å²) in [6, 6.07) is 46.4. The van der Waals surface area contributed by atoms with E-state index in [4.69, 9.17) is 0 Å². The quantitative estimate of drug-likeness (QED) is 0.179. The average Bonchev–Trinajstić information content (AvgIpc) is 3.47. The highest BCUT2D eigenvalue weighted by Gasteiger charge is 2.39. The van der Waals surface area contributed by atoms with Gasteiger partial charge in [0.05, 0.1) is 0 Å². The van der Waals surface area contributed by atoms with Gasteiger partial charge in [0.15, 0.2) is 0 Å². The predicted molar refractivity (Wildman–Crippen MR) is 215 cm³/mol. The second-order valence-corrected chi connectivity index (χ2v) is 17.9. The molecule has 0 saturated heterocycles. The Morgan fingerprint density at radius 3 is 1.42 bits per heavy atom. The molecule has 0 saturated carbocycles. The number of hydrogen-bond donors (Lipinski definition) is 0. The van der Waals surface area contributed by atoms with E-state index >= 15 is 0 Å². The molecule has 250 valence electrons. The molecule has 2 aliphatic rings. The Bertz CT molecular complexity index is 2290. The van der Waals surface area contributed by atoms with E-state index < -0.39 is 0 Å². The van der Waals surface area contributed by atoms with Crippen molar-refractivity contribution in [1.82, 2.24) is 0 Å². The summed E-state index contributed by atoms with van der Waals surface area (Å²) in [7, 11) is 0. The van der Waals surface area contributed by atoms with E-state index in [-0.39, 0.29) is 21.7 Å². The van der Waals surface area contributed by atoms with Gasteiger partial charge in [0.1, 0.15) is 0 Å². The first-order chi connectivity index (χ1) is 23.6. The molecule has 0 heteroatoms. The standard InChI is InChI=1S/C50H50/c1-47(2,3)35-26-27-39-43(29-35)50(9,10)44-30-36(48(4,5)6)28-40(46(39)44)34-24-20-32(21-25-34)31-18-22-33(23-19-31)37-15-13-17-42-45(37)38-14-11-12-16-41(38)49(42,7)8/h11-30H,1-10H3. The zero-order chi connectivity index (χ0) is 35.4. The third kappa shape index (κ3) is 4.94. The molecule has 2 aliphatic carbocycles. The zero-order valence-electron chi connectivity index (χ0n) is 31.5. The first-order valence-corrected chi connectivity index (χ1v) is 18.4. The molecule has 0 bridgehead atoms.